The van der Waals surface area contributed by atoms with Gasteiger partial charge in [0.05, 0.1) is 12.1 Å². The van der Waals surface area contributed by atoms with Crippen LogP contribution in [0.4, 0.5) is 5.82 Å². The average molecular weight is 272 g/mol. The van der Waals surface area contributed by atoms with Crippen LogP contribution in [0, 0.1) is 21.4 Å². The molecule has 0 bridgehead atoms. The lowest BCUT2D eigenvalue weighted by Crippen LogP contribution is -2.08. The topological polar surface area (TPSA) is 94.0 Å². The smallest absolute Gasteiger partial charge is 0.342 e. The van der Waals surface area contributed by atoms with Crippen molar-refractivity contribution < 1.29 is 9.66 Å². The van der Waals surface area contributed by atoms with Gasteiger partial charge < -0.3 is 14.9 Å². The molecule has 0 aliphatic heterocycles. The minimum absolute atomic E-state index is 0.0698. The third kappa shape index (κ3) is 2.59. The summed E-state index contributed by atoms with van der Waals surface area (Å²) >= 11 is 0. The van der Waals surface area contributed by atoms with Crippen molar-refractivity contribution in [3.05, 3.63) is 52.0 Å². The summed E-state index contributed by atoms with van der Waals surface area (Å²) in [7, 11) is 0. The molecule has 0 saturated heterocycles. The highest BCUT2D eigenvalue weighted by Crippen LogP contribution is 2.19. The summed E-state index contributed by atoms with van der Waals surface area (Å²) in [5.74, 6) is 0.815. The van der Waals surface area contributed by atoms with Crippen molar-refractivity contribution in [2.45, 2.75) is 20.1 Å². The van der Waals surface area contributed by atoms with Crippen molar-refractivity contribution in [2.75, 3.05) is 0 Å². The maximum atomic E-state index is 10.8. The summed E-state index contributed by atoms with van der Waals surface area (Å²) in [5.41, 5.74) is 0.414. The number of ether oxygens (including phenoxy) is 1. The van der Waals surface area contributed by atoms with Crippen molar-refractivity contribution >= 4 is 5.82 Å². The van der Waals surface area contributed by atoms with Crippen LogP contribution >= 0.6 is 0 Å². The molecule has 0 unspecified atom stereocenters. The summed E-state index contributed by atoms with van der Waals surface area (Å²) in [4.78, 5) is 14.3. The normalized spacial score (nSPS) is 10.0. The van der Waals surface area contributed by atoms with Crippen molar-refractivity contribution in [1.82, 2.24) is 9.55 Å². The van der Waals surface area contributed by atoms with Crippen LogP contribution in [-0.2, 0) is 13.2 Å². The molecule has 2 rings (SSSR count). The SMILES string of the molecule is CCn1c([N+](=O)[O-])cnc1COc1ccccc1C#N. The zero-order valence-electron chi connectivity index (χ0n) is 10.8. The molecular weight excluding hydrogens is 260 g/mol. The second-order valence-corrected chi connectivity index (χ2v) is 3.93. The van der Waals surface area contributed by atoms with Crippen molar-refractivity contribution in [3.8, 4) is 11.8 Å². The number of hydrogen-bond acceptors (Lipinski definition) is 5. The van der Waals surface area contributed by atoms with E-state index in [0.717, 1.165) is 0 Å². The number of para-hydroxylation sites is 1. The molecule has 2 aromatic rings. The molecule has 0 N–H and O–H groups in total. The molecule has 0 fully saturated rings. The van der Waals surface area contributed by atoms with E-state index in [9.17, 15) is 10.1 Å². The molecule has 0 saturated carbocycles. The summed E-state index contributed by atoms with van der Waals surface area (Å²) in [6, 6.07) is 8.83. The van der Waals surface area contributed by atoms with Gasteiger partial charge in [-0.3, -0.25) is 0 Å². The van der Waals surface area contributed by atoms with E-state index in [4.69, 9.17) is 10.00 Å². The largest absolute Gasteiger partial charge is 0.482 e. The monoisotopic (exact) mass is 272 g/mol. The Balaban J connectivity index is 2.20. The zero-order valence-corrected chi connectivity index (χ0v) is 10.8. The van der Waals surface area contributed by atoms with E-state index >= 15 is 0 Å². The van der Waals surface area contributed by atoms with Gasteiger partial charge in [0.15, 0.2) is 6.61 Å². The van der Waals surface area contributed by atoms with Crippen molar-refractivity contribution in [3.63, 3.8) is 0 Å². The Morgan fingerprint density at radius 3 is 2.90 bits per heavy atom. The predicted octanol–water partition coefficient (Wildman–Crippen LogP) is 2.26. The standard InChI is InChI=1S/C13H12N4O3/c1-2-16-12(15-8-13(16)17(18)19)9-20-11-6-4-3-5-10(11)7-14/h3-6,8H,2,9H2,1H3. The van der Waals surface area contributed by atoms with E-state index < -0.39 is 4.92 Å². The van der Waals surface area contributed by atoms with Gasteiger partial charge in [-0.1, -0.05) is 12.1 Å². The Labute approximate surface area is 115 Å². The second-order valence-electron chi connectivity index (χ2n) is 3.93. The Bertz CT molecular complexity index is 672. The molecule has 0 amide bonds. The lowest BCUT2D eigenvalue weighted by Gasteiger charge is -2.06. The number of nitriles is 1. The summed E-state index contributed by atoms with van der Waals surface area (Å²) < 4.78 is 6.99. The quantitative estimate of drug-likeness (QED) is 0.614. The predicted molar refractivity (Wildman–Crippen MR) is 70.0 cm³/mol. The van der Waals surface area contributed by atoms with Gasteiger partial charge >= 0.3 is 5.82 Å². The number of hydrogen-bond donors (Lipinski definition) is 0. The van der Waals surface area contributed by atoms with E-state index in [1.165, 1.54) is 10.8 Å². The van der Waals surface area contributed by atoms with Gasteiger partial charge in [-0.05, 0) is 24.0 Å². The fourth-order valence-corrected chi connectivity index (χ4v) is 1.84. The lowest BCUT2D eigenvalue weighted by molar-refractivity contribution is -0.392. The van der Waals surface area contributed by atoms with Gasteiger partial charge in [-0.25, -0.2) is 9.55 Å². The highest BCUT2D eigenvalue weighted by atomic mass is 16.6. The molecule has 1 heterocycles. The fraction of sp³-hybridized carbons (Fsp3) is 0.231. The summed E-state index contributed by atoms with van der Waals surface area (Å²) in [5, 5.41) is 19.8. The molecule has 1 aromatic carbocycles. The van der Waals surface area contributed by atoms with Crippen LogP contribution < -0.4 is 4.74 Å². The number of imidazole rings is 1. The van der Waals surface area contributed by atoms with Crippen LogP contribution in [0.5, 0.6) is 5.75 Å². The summed E-state index contributed by atoms with van der Waals surface area (Å²) in [6.45, 7) is 2.29. The molecular formula is C13H12N4O3. The van der Waals surface area contributed by atoms with E-state index in [1.807, 2.05) is 6.07 Å². The maximum Gasteiger partial charge on any atom is 0.342 e. The first kappa shape index (κ1) is 13.5. The van der Waals surface area contributed by atoms with E-state index in [-0.39, 0.29) is 12.4 Å². The number of rotatable bonds is 5. The molecule has 0 atom stereocenters. The molecule has 0 radical (unpaired) electrons. The minimum Gasteiger partial charge on any atom is -0.482 e. The third-order valence-corrected chi connectivity index (χ3v) is 2.78. The number of benzene rings is 1. The molecule has 20 heavy (non-hydrogen) atoms. The lowest BCUT2D eigenvalue weighted by atomic mass is 10.2. The minimum atomic E-state index is -0.483. The molecule has 0 aliphatic rings. The van der Waals surface area contributed by atoms with Crippen LogP contribution in [0.1, 0.15) is 18.3 Å². The van der Waals surface area contributed by atoms with Crippen molar-refractivity contribution in [1.29, 1.82) is 5.26 Å². The van der Waals surface area contributed by atoms with Crippen LogP contribution in [0.3, 0.4) is 0 Å². The van der Waals surface area contributed by atoms with Gasteiger partial charge in [-0.15, -0.1) is 0 Å². The van der Waals surface area contributed by atoms with Crippen LogP contribution in [0.15, 0.2) is 30.5 Å². The third-order valence-electron chi connectivity index (χ3n) is 2.78. The molecule has 1 aromatic heterocycles. The zero-order chi connectivity index (χ0) is 14.5. The molecule has 0 aliphatic carbocycles. The first-order chi connectivity index (χ1) is 9.67. The van der Waals surface area contributed by atoms with E-state index in [0.29, 0.717) is 23.7 Å². The van der Waals surface area contributed by atoms with Gasteiger partial charge in [0.2, 0.25) is 5.82 Å². The van der Waals surface area contributed by atoms with Gasteiger partial charge in [0.1, 0.15) is 18.0 Å². The number of aromatic nitrogens is 2. The molecule has 0 spiro atoms. The molecule has 7 nitrogen and oxygen atoms in total. The fourth-order valence-electron chi connectivity index (χ4n) is 1.84. The second kappa shape index (κ2) is 5.84. The van der Waals surface area contributed by atoms with Crippen molar-refractivity contribution in [2.24, 2.45) is 0 Å². The number of nitrogens with zero attached hydrogens (tertiary/aromatic N) is 4. The first-order valence-corrected chi connectivity index (χ1v) is 5.98. The summed E-state index contributed by atoms with van der Waals surface area (Å²) in [6.07, 6.45) is 1.21. The van der Waals surface area contributed by atoms with E-state index in [2.05, 4.69) is 4.98 Å². The van der Waals surface area contributed by atoms with Gasteiger partial charge in [0.25, 0.3) is 0 Å². The Morgan fingerprint density at radius 2 is 2.25 bits per heavy atom. The van der Waals surface area contributed by atoms with Crippen LogP contribution in [0.25, 0.3) is 0 Å². The van der Waals surface area contributed by atoms with Gasteiger partial charge in [-0.2, -0.15) is 5.26 Å². The van der Waals surface area contributed by atoms with Gasteiger partial charge in [0, 0.05) is 0 Å². The average Bonchev–Trinajstić information content (AvgIpc) is 2.88. The first-order valence-electron chi connectivity index (χ1n) is 5.98. The Hall–Kier alpha value is -2.88. The van der Waals surface area contributed by atoms with E-state index in [1.54, 1.807) is 31.2 Å². The maximum absolute atomic E-state index is 10.8. The molecule has 102 valence electrons. The van der Waals surface area contributed by atoms with Crippen LogP contribution in [0.2, 0.25) is 0 Å². The Kier molecular flexibility index (Phi) is 3.96. The highest BCUT2D eigenvalue weighted by Gasteiger charge is 2.19. The van der Waals surface area contributed by atoms with Crippen LogP contribution in [-0.4, -0.2) is 14.5 Å². The Morgan fingerprint density at radius 1 is 1.50 bits per heavy atom. The molecule has 7 heteroatoms. The highest BCUT2D eigenvalue weighted by molar-refractivity contribution is 5.42. The number of nitro groups is 1.